The van der Waals surface area contributed by atoms with Crippen LogP contribution in [0.1, 0.15) is 21.8 Å². The van der Waals surface area contributed by atoms with Gasteiger partial charge in [-0.3, -0.25) is 4.79 Å². The largest absolute Gasteiger partial charge is 0.501 e. The Kier molecular flexibility index (Phi) is 5.99. The number of carbonyl (C=O) groups is 1. The second-order valence-corrected chi connectivity index (χ2v) is 7.33. The molecule has 0 unspecified atom stereocenters. The van der Waals surface area contributed by atoms with E-state index in [1.807, 2.05) is 0 Å². The third-order valence-electron chi connectivity index (χ3n) is 4.78. The third kappa shape index (κ3) is 4.64. The van der Waals surface area contributed by atoms with Gasteiger partial charge in [0.15, 0.2) is 11.5 Å². The standard InChI is InChI=1S/C23H20FN5O4/c1-29(2)23(31)15-8-6-14(7-9-15)20-25-18(19(30)22(26-20)32-3)21-28-27-17(33-21)12-13-4-10-16(24)11-5-13/h4-11,30H,12H2,1-3H3. The van der Waals surface area contributed by atoms with Crippen molar-refractivity contribution in [1.82, 2.24) is 25.1 Å². The first-order valence-electron chi connectivity index (χ1n) is 9.90. The lowest BCUT2D eigenvalue weighted by Gasteiger charge is -2.11. The van der Waals surface area contributed by atoms with E-state index in [-0.39, 0.29) is 53.1 Å². The van der Waals surface area contributed by atoms with Crippen LogP contribution >= 0.6 is 0 Å². The number of benzene rings is 2. The molecule has 0 aliphatic heterocycles. The smallest absolute Gasteiger partial charge is 0.270 e. The molecule has 2 heterocycles. The normalized spacial score (nSPS) is 10.8. The molecule has 9 nitrogen and oxygen atoms in total. The van der Waals surface area contributed by atoms with Crippen molar-refractivity contribution in [2.75, 3.05) is 21.2 Å². The molecule has 33 heavy (non-hydrogen) atoms. The summed E-state index contributed by atoms with van der Waals surface area (Å²) in [5.41, 5.74) is 1.89. The highest BCUT2D eigenvalue weighted by atomic mass is 19.1. The number of halogens is 1. The van der Waals surface area contributed by atoms with E-state index in [0.29, 0.717) is 11.1 Å². The van der Waals surface area contributed by atoms with E-state index < -0.39 is 0 Å². The van der Waals surface area contributed by atoms with Gasteiger partial charge in [0.25, 0.3) is 17.7 Å². The second kappa shape index (κ2) is 9.03. The Morgan fingerprint density at radius 3 is 2.39 bits per heavy atom. The highest BCUT2D eigenvalue weighted by Gasteiger charge is 2.22. The van der Waals surface area contributed by atoms with E-state index in [4.69, 9.17) is 9.15 Å². The average Bonchev–Trinajstić information content (AvgIpc) is 3.28. The van der Waals surface area contributed by atoms with Crippen LogP contribution in [0.3, 0.4) is 0 Å². The number of hydrogen-bond acceptors (Lipinski definition) is 8. The molecule has 2 aromatic heterocycles. The maximum Gasteiger partial charge on any atom is 0.270 e. The molecule has 0 atom stereocenters. The number of ether oxygens (including phenoxy) is 1. The first-order chi connectivity index (χ1) is 15.9. The zero-order valence-electron chi connectivity index (χ0n) is 18.1. The summed E-state index contributed by atoms with van der Waals surface area (Å²) in [6, 6.07) is 12.6. The molecule has 0 aliphatic carbocycles. The Balaban J connectivity index is 1.67. The van der Waals surface area contributed by atoms with Gasteiger partial charge in [0, 0.05) is 25.2 Å². The maximum absolute atomic E-state index is 13.1. The fourth-order valence-electron chi connectivity index (χ4n) is 3.07. The fraction of sp³-hybridized carbons (Fsp3) is 0.174. The first-order valence-corrected chi connectivity index (χ1v) is 9.90. The van der Waals surface area contributed by atoms with E-state index in [1.165, 1.54) is 24.1 Å². The lowest BCUT2D eigenvalue weighted by Crippen LogP contribution is -2.21. The highest BCUT2D eigenvalue weighted by Crippen LogP contribution is 2.35. The summed E-state index contributed by atoms with van der Waals surface area (Å²) < 4.78 is 24.0. The number of carbonyl (C=O) groups excluding carboxylic acids is 1. The van der Waals surface area contributed by atoms with Crippen molar-refractivity contribution in [3.8, 4) is 34.6 Å². The minimum absolute atomic E-state index is 0.00292. The van der Waals surface area contributed by atoms with Gasteiger partial charge in [-0.1, -0.05) is 24.3 Å². The van der Waals surface area contributed by atoms with Gasteiger partial charge in [-0.2, -0.15) is 4.98 Å². The van der Waals surface area contributed by atoms with Gasteiger partial charge in [0.05, 0.1) is 13.5 Å². The fourth-order valence-corrected chi connectivity index (χ4v) is 3.07. The highest BCUT2D eigenvalue weighted by molar-refractivity contribution is 5.94. The van der Waals surface area contributed by atoms with E-state index in [9.17, 15) is 14.3 Å². The molecule has 4 rings (SSSR count). The molecule has 168 valence electrons. The second-order valence-electron chi connectivity index (χ2n) is 7.33. The molecule has 0 saturated heterocycles. The number of rotatable bonds is 6. The van der Waals surface area contributed by atoms with Crippen molar-refractivity contribution in [3.05, 3.63) is 71.4 Å². The van der Waals surface area contributed by atoms with Crippen LogP contribution in [0.15, 0.2) is 52.9 Å². The van der Waals surface area contributed by atoms with Gasteiger partial charge >= 0.3 is 0 Å². The monoisotopic (exact) mass is 449 g/mol. The minimum atomic E-state index is -0.349. The number of aromatic nitrogens is 4. The molecule has 10 heteroatoms. The van der Waals surface area contributed by atoms with Crippen molar-refractivity contribution in [2.45, 2.75) is 6.42 Å². The van der Waals surface area contributed by atoms with Gasteiger partial charge < -0.3 is 19.2 Å². The molecule has 1 N–H and O–H groups in total. The number of methoxy groups -OCH3 is 1. The first kappa shape index (κ1) is 21.9. The Bertz CT molecular complexity index is 1290. The van der Waals surface area contributed by atoms with Gasteiger partial charge in [0.1, 0.15) is 5.82 Å². The quantitative estimate of drug-likeness (QED) is 0.477. The van der Waals surface area contributed by atoms with Crippen LogP contribution in [0.4, 0.5) is 4.39 Å². The summed E-state index contributed by atoms with van der Waals surface area (Å²) in [5, 5.41) is 18.5. The topological polar surface area (TPSA) is 114 Å². The van der Waals surface area contributed by atoms with Crippen LogP contribution in [0.25, 0.3) is 23.0 Å². The predicted molar refractivity (Wildman–Crippen MR) is 116 cm³/mol. The van der Waals surface area contributed by atoms with E-state index in [0.717, 1.165) is 5.56 Å². The van der Waals surface area contributed by atoms with Crippen molar-refractivity contribution < 1.29 is 23.4 Å². The average molecular weight is 449 g/mol. The van der Waals surface area contributed by atoms with Crippen LogP contribution in [0.5, 0.6) is 11.6 Å². The summed E-state index contributed by atoms with van der Waals surface area (Å²) in [4.78, 5) is 22.2. The molecule has 0 fully saturated rings. The lowest BCUT2D eigenvalue weighted by atomic mass is 10.1. The molecular formula is C23H20FN5O4. The van der Waals surface area contributed by atoms with Gasteiger partial charge in [-0.25, -0.2) is 9.37 Å². The van der Waals surface area contributed by atoms with Crippen molar-refractivity contribution in [3.63, 3.8) is 0 Å². The molecule has 0 aliphatic rings. The van der Waals surface area contributed by atoms with Gasteiger partial charge in [0.2, 0.25) is 11.6 Å². The van der Waals surface area contributed by atoms with Crippen LogP contribution in [-0.4, -0.2) is 57.3 Å². The van der Waals surface area contributed by atoms with Gasteiger partial charge in [-0.05, 0) is 29.8 Å². The molecule has 4 aromatic rings. The number of amides is 1. The molecule has 0 bridgehead atoms. The third-order valence-corrected chi connectivity index (χ3v) is 4.78. The number of aromatic hydroxyl groups is 1. The summed E-state index contributed by atoms with van der Waals surface area (Å²) in [7, 11) is 4.71. The predicted octanol–water partition coefficient (Wildman–Crippen LogP) is 3.34. The SMILES string of the molecule is COc1nc(-c2ccc(C(=O)N(C)C)cc2)nc(-c2nnc(Cc3ccc(F)cc3)o2)c1O. The molecule has 1 amide bonds. The summed E-state index contributed by atoms with van der Waals surface area (Å²) in [5.74, 6) is -0.408. The van der Waals surface area contributed by atoms with Crippen molar-refractivity contribution in [1.29, 1.82) is 0 Å². The van der Waals surface area contributed by atoms with E-state index in [2.05, 4.69) is 20.2 Å². The van der Waals surface area contributed by atoms with Crippen LogP contribution in [-0.2, 0) is 6.42 Å². The Hall–Kier alpha value is -4.34. The maximum atomic E-state index is 13.1. The number of hydrogen-bond donors (Lipinski definition) is 1. The summed E-state index contributed by atoms with van der Waals surface area (Å²) >= 11 is 0. The summed E-state index contributed by atoms with van der Waals surface area (Å²) in [6.07, 6.45) is 0.282. The number of nitrogens with zero attached hydrogens (tertiary/aromatic N) is 5. The molecule has 0 saturated carbocycles. The van der Waals surface area contributed by atoms with Crippen LogP contribution in [0, 0.1) is 5.82 Å². The lowest BCUT2D eigenvalue weighted by molar-refractivity contribution is 0.0827. The van der Waals surface area contributed by atoms with Crippen LogP contribution < -0.4 is 4.74 Å². The van der Waals surface area contributed by atoms with E-state index >= 15 is 0 Å². The molecular weight excluding hydrogens is 429 g/mol. The molecule has 2 aromatic carbocycles. The molecule has 0 radical (unpaired) electrons. The molecule has 0 spiro atoms. The van der Waals surface area contributed by atoms with Crippen LogP contribution in [0.2, 0.25) is 0 Å². The Labute approximate surface area is 188 Å². The Morgan fingerprint density at radius 2 is 1.76 bits per heavy atom. The van der Waals surface area contributed by atoms with E-state index in [1.54, 1.807) is 50.5 Å². The minimum Gasteiger partial charge on any atom is -0.501 e. The Morgan fingerprint density at radius 1 is 1.06 bits per heavy atom. The van der Waals surface area contributed by atoms with Gasteiger partial charge in [-0.15, -0.1) is 10.2 Å². The van der Waals surface area contributed by atoms with Crippen molar-refractivity contribution in [2.24, 2.45) is 0 Å². The zero-order valence-corrected chi connectivity index (χ0v) is 18.1. The zero-order chi connectivity index (χ0) is 23.5. The summed E-state index contributed by atoms with van der Waals surface area (Å²) in [6.45, 7) is 0. The van der Waals surface area contributed by atoms with Crippen molar-refractivity contribution >= 4 is 5.91 Å².